The number of likely N-dealkylation sites (tertiary alicyclic amines) is 1. The summed E-state index contributed by atoms with van der Waals surface area (Å²) in [6.45, 7) is 2.77. The SMILES string of the molecule is CC.CN(C=N)C(=N)C(c1cccc(-c2n[nH]c3c(CN4CC(F)(F)C4)nc(C(F)(F)F)cc23)c1)C1CCC1. The first kappa shape index (κ1) is 28.6. The lowest BCUT2D eigenvalue weighted by Gasteiger charge is -2.38. The summed E-state index contributed by atoms with van der Waals surface area (Å²) < 4.78 is 67.8. The number of fused-ring (bicyclic) bond motifs is 1. The highest BCUT2D eigenvalue weighted by Crippen LogP contribution is 2.42. The normalized spacial score (nSPS) is 17.9. The molecule has 39 heavy (non-hydrogen) atoms. The Balaban J connectivity index is 0.00000172. The molecule has 1 unspecified atom stereocenters. The molecule has 3 heterocycles. The minimum absolute atomic E-state index is 0.0111. The number of nitrogens with one attached hydrogen (secondary N) is 3. The number of hydrogen-bond donors (Lipinski definition) is 3. The van der Waals surface area contributed by atoms with Crippen molar-refractivity contribution in [1.29, 1.82) is 10.8 Å². The predicted octanol–water partition coefficient (Wildman–Crippen LogP) is 6.52. The molecule has 2 fully saturated rings. The Labute approximate surface area is 223 Å². The number of H-pyrrole nitrogens is 1. The van der Waals surface area contributed by atoms with E-state index >= 15 is 0 Å². The largest absolute Gasteiger partial charge is 0.433 e. The molecule has 3 N–H and O–H groups in total. The maximum absolute atomic E-state index is 13.7. The second-order valence-electron chi connectivity index (χ2n) is 9.87. The number of aromatic amines is 1. The smallest absolute Gasteiger partial charge is 0.324 e. The summed E-state index contributed by atoms with van der Waals surface area (Å²) in [6, 6.07) is 8.16. The number of halogens is 5. The highest BCUT2D eigenvalue weighted by molar-refractivity contribution is 5.96. The van der Waals surface area contributed by atoms with Crippen LogP contribution in [0.5, 0.6) is 0 Å². The van der Waals surface area contributed by atoms with E-state index in [-0.39, 0.29) is 40.8 Å². The molecule has 1 aliphatic carbocycles. The van der Waals surface area contributed by atoms with Gasteiger partial charge in [0.2, 0.25) is 0 Å². The minimum Gasteiger partial charge on any atom is -0.324 e. The lowest BCUT2D eigenvalue weighted by molar-refractivity contribution is -0.142. The molecule has 3 aromatic rings. The predicted molar refractivity (Wildman–Crippen MR) is 140 cm³/mol. The molecule has 0 amide bonds. The van der Waals surface area contributed by atoms with Crippen molar-refractivity contribution in [3.63, 3.8) is 0 Å². The van der Waals surface area contributed by atoms with Crippen LogP contribution in [0.4, 0.5) is 22.0 Å². The average molecular weight is 550 g/mol. The van der Waals surface area contributed by atoms with Crippen LogP contribution in [0.15, 0.2) is 30.3 Å². The van der Waals surface area contributed by atoms with Gasteiger partial charge in [0.25, 0.3) is 5.92 Å². The van der Waals surface area contributed by atoms with Gasteiger partial charge in [0.05, 0.1) is 30.6 Å². The van der Waals surface area contributed by atoms with E-state index in [0.29, 0.717) is 11.3 Å². The quantitative estimate of drug-likeness (QED) is 0.178. The van der Waals surface area contributed by atoms with Crippen LogP contribution in [-0.4, -0.2) is 63.2 Å². The number of rotatable bonds is 7. The zero-order valence-electron chi connectivity index (χ0n) is 22.0. The molecule has 1 saturated carbocycles. The second-order valence-corrected chi connectivity index (χ2v) is 9.87. The van der Waals surface area contributed by atoms with Crippen molar-refractivity contribution >= 4 is 23.1 Å². The van der Waals surface area contributed by atoms with Crippen molar-refractivity contribution in [2.45, 2.75) is 57.7 Å². The molecule has 0 bridgehead atoms. The van der Waals surface area contributed by atoms with Crippen LogP contribution in [0.25, 0.3) is 22.2 Å². The Morgan fingerprint density at radius 2 is 1.92 bits per heavy atom. The van der Waals surface area contributed by atoms with Crippen LogP contribution in [0.3, 0.4) is 0 Å². The monoisotopic (exact) mass is 549 g/mol. The Morgan fingerprint density at radius 1 is 1.23 bits per heavy atom. The van der Waals surface area contributed by atoms with Gasteiger partial charge < -0.3 is 4.90 Å². The third-order valence-electron chi connectivity index (χ3n) is 7.21. The second kappa shape index (κ2) is 11.0. The van der Waals surface area contributed by atoms with Crippen LogP contribution in [0.2, 0.25) is 0 Å². The Kier molecular flexibility index (Phi) is 8.06. The van der Waals surface area contributed by atoms with Gasteiger partial charge in [0, 0.05) is 30.5 Å². The third-order valence-corrected chi connectivity index (χ3v) is 7.21. The fraction of sp³-hybridized carbons (Fsp3) is 0.481. The molecule has 1 aliphatic heterocycles. The topological polar surface area (TPSA) is 95.8 Å². The number of benzene rings is 1. The van der Waals surface area contributed by atoms with Crippen molar-refractivity contribution in [2.75, 3.05) is 20.1 Å². The summed E-state index contributed by atoms with van der Waals surface area (Å²) in [7, 11) is 1.65. The number of aromatic nitrogens is 3. The molecule has 1 aromatic carbocycles. The average Bonchev–Trinajstić information content (AvgIpc) is 3.29. The van der Waals surface area contributed by atoms with E-state index < -0.39 is 30.9 Å². The molecular weight excluding hydrogens is 517 g/mol. The highest BCUT2D eigenvalue weighted by atomic mass is 19.4. The van der Waals surface area contributed by atoms with Gasteiger partial charge in [-0.3, -0.25) is 20.8 Å². The first-order chi connectivity index (χ1) is 18.5. The van der Waals surface area contributed by atoms with Gasteiger partial charge in [0.15, 0.2) is 0 Å². The molecule has 1 saturated heterocycles. The van der Waals surface area contributed by atoms with E-state index in [1.807, 2.05) is 26.0 Å². The van der Waals surface area contributed by atoms with Crippen molar-refractivity contribution in [2.24, 2.45) is 5.92 Å². The van der Waals surface area contributed by atoms with Gasteiger partial charge in [-0.15, -0.1) is 0 Å². The van der Waals surface area contributed by atoms with Crippen molar-refractivity contribution in [3.05, 3.63) is 47.3 Å². The van der Waals surface area contributed by atoms with E-state index in [4.69, 9.17) is 10.8 Å². The van der Waals surface area contributed by atoms with Gasteiger partial charge in [-0.25, -0.2) is 13.8 Å². The molecule has 1 atom stereocenters. The van der Waals surface area contributed by atoms with Gasteiger partial charge in [-0.05, 0) is 36.5 Å². The summed E-state index contributed by atoms with van der Waals surface area (Å²) in [6.07, 6.45) is -0.673. The van der Waals surface area contributed by atoms with Crippen LogP contribution in [0, 0.1) is 16.7 Å². The number of alkyl halides is 5. The van der Waals surface area contributed by atoms with Crippen LogP contribution >= 0.6 is 0 Å². The Morgan fingerprint density at radius 3 is 2.49 bits per heavy atom. The van der Waals surface area contributed by atoms with Crippen molar-refractivity contribution in [1.82, 2.24) is 25.0 Å². The number of likely N-dealkylation sites (N-methyl/N-ethyl adjacent to an activating group) is 1. The fourth-order valence-corrected chi connectivity index (χ4v) is 5.09. The first-order valence-corrected chi connectivity index (χ1v) is 12.9. The molecule has 2 aromatic heterocycles. The molecular formula is C27H32F5N7. The molecule has 12 heteroatoms. The zero-order valence-corrected chi connectivity index (χ0v) is 22.0. The minimum atomic E-state index is -4.72. The molecule has 210 valence electrons. The summed E-state index contributed by atoms with van der Waals surface area (Å²) in [5.74, 6) is -2.59. The van der Waals surface area contributed by atoms with E-state index in [2.05, 4.69) is 15.2 Å². The van der Waals surface area contributed by atoms with Gasteiger partial charge >= 0.3 is 6.18 Å². The van der Waals surface area contributed by atoms with Crippen molar-refractivity contribution in [3.8, 4) is 11.3 Å². The maximum atomic E-state index is 13.7. The molecule has 0 radical (unpaired) electrons. The number of pyridine rings is 1. The van der Waals surface area contributed by atoms with E-state index in [1.165, 1.54) is 9.80 Å². The number of nitrogens with zero attached hydrogens (tertiary/aromatic N) is 4. The molecule has 5 rings (SSSR count). The maximum Gasteiger partial charge on any atom is 0.433 e. The summed E-state index contributed by atoms with van der Waals surface area (Å²) in [4.78, 5) is 6.55. The van der Waals surface area contributed by atoms with E-state index in [0.717, 1.165) is 37.2 Å². The molecule has 2 aliphatic rings. The Hall–Kier alpha value is -3.41. The Bertz CT molecular complexity index is 1340. The third kappa shape index (κ3) is 5.80. The summed E-state index contributed by atoms with van der Waals surface area (Å²) in [5, 5.41) is 23.5. The summed E-state index contributed by atoms with van der Waals surface area (Å²) >= 11 is 0. The van der Waals surface area contributed by atoms with Crippen LogP contribution in [0.1, 0.15) is 56.0 Å². The summed E-state index contributed by atoms with van der Waals surface area (Å²) in [5.41, 5.74) is 0.860. The van der Waals surface area contributed by atoms with E-state index in [1.54, 1.807) is 19.2 Å². The van der Waals surface area contributed by atoms with Gasteiger partial charge in [-0.2, -0.15) is 18.3 Å². The molecule has 7 nitrogen and oxygen atoms in total. The number of hydrogen-bond acceptors (Lipinski definition) is 5. The standard InChI is InChI=1S/C25H26F5N7.C2H6/c1-36(13-31)23(32)20(14-4-2-5-14)15-6-3-7-16(8-15)21-17-9-19(25(28,29)30)33-18(22(17)35-34-21)10-37-11-24(26,27)12-37;1-2/h3,6-9,13-14,20,31-32H,2,4-5,10-12H2,1H3,(H,34,35);1-2H3. The lowest BCUT2D eigenvalue weighted by Crippen LogP contribution is -2.55. The lowest BCUT2D eigenvalue weighted by atomic mass is 9.72. The van der Waals surface area contributed by atoms with E-state index in [9.17, 15) is 22.0 Å². The van der Waals surface area contributed by atoms with Crippen LogP contribution in [-0.2, 0) is 12.7 Å². The number of amidine groups is 1. The fourth-order valence-electron chi connectivity index (χ4n) is 5.09. The highest BCUT2D eigenvalue weighted by Gasteiger charge is 2.44. The van der Waals surface area contributed by atoms with Gasteiger partial charge in [0.1, 0.15) is 17.2 Å². The van der Waals surface area contributed by atoms with Gasteiger partial charge in [-0.1, -0.05) is 38.5 Å². The van der Waals surface area contributed by atoms with Crippen LogP contribution < -0.4 is 0 Å². The molecule has 0 spiro atoms. The van der Waals surface area contributed by atoms with Crippen molar-refractivity contribution < 1.29 is 22.0 Å². The first-order valence-electron chi connectivity index (χ1n) is 12.9. The zero-order chi connectivity index (χ0) is 28.5.